The average Bonchev–Trinajstić information content (AvgIpc) is 2.85. The number of nitrogens with one attached hydrogen (secondary N) is 1. The van der Waals surface area contributed by atoms with Gasteiger partial charge in [-0.2, -0.15) is 0 Å². The number of hydrogen-bond acceptors (Lipinski definition) is 3. The summed E-state index contributed by atoms with van der Waals surface area (Å²) < 4.78 is 5.81. The minimum absolute atomic E-state index is 0.846. The molecule has 0 fully saturated rings. The van der Waals surface area contributed by atoms with Gasteiger partial charge in [-0.3, -0.25) is 0 Å². The first-order valence-electron chi connectivity index (χ1n) is 11.7. The number of benzene rings is 4. The molecule has 4 aromatic carbocycles. The number of hydrogen-bond donors (Lipinski definition) is 1. The summed E-state index contributed by atoms with van der Waals surface area (Å²) in [6.45, 7) is 9.58. The molecular weight excluding hydrogens is 392 g/mol. The normalized spacial score (nSPS) is 11.5. The quantitative estimate of drug-likeness (QED) is 0.314. The standard InChI is InChI=1S/C29H34N2O/c1-4-31(5-2)19-18-30-21-24-15-14-22-10-6-8-12-25(22)27(24)20-28-26-13-9-7-11-23(26)16-17-29(28)32-3/h6-17,30H,4-5,18-21H2,1-3H3. The smallest absolute Gasteiger partial charge is 0.123 e. The third kappa shape index (κ3) is 4.79. The highest BCUT2D eigenvalue weighted by Gasteiger charge is 2.14. The summed E-state index contributed by atoms with van der Waals surface area (Å²) in [6, 6.07) is 26.1. The van der Waals surface area contributed by atoms with Gasteiger partial charge >= 0.3 is 0 Å². The van der Waals surface area contributed by atoms with Crippen LogP contribution in [0.1, 0.15) is 30.5 Å². The fourth-order valence-corrected chi connectivity index (χ4v) is 4.62. The summed E-state index contributed by atoms with van der Waals surface area (Å²) in [5, 5.41) is 8.81. The SMILES string of the molecule is CCN(CC)CCNCc1ccc2ccccc2c1Cc1c(OC)ccc2ccccc12. The van der Waals surface area contributed by atoms with E-state index in [4.69, 9.17) is 4.74 Å². The lowest BCUT2D eigenvalue weighted by atomic mass is 9.91. The molecule has 0 aromatic heterocycles. The van der Waals surface area contributed by atoms with Gasteiger partial charge in [-0.1, -0.05) is 80.6 Å². The van der Waals surface area contributed by atoms with Gasteiger partial charge in [-0.05, 0) is 51.8 Å². The minimum Gasteiger partial charge on any atom is -0.496 e. The maximum atomic E-state index is 5.81. The Bertz CT molecular complexity index is 1180. The number of likely N-dealkylation sites (N-methyl/N-ethyl adjacent to an activating group) is 1. The second-order valence-electron chi connectivity index (χ2n) is 8.27. The largest absolute Gasteiger partial charge is 0.496 e. The van der Waals surface area contributed by atoms with E-state index in [1.54, 1.807) is 7.11 Å². The zero-order valence-electron chi connectivity index (χ0n) is 19.5. The first-order chi connectivity index (χ1) is 15.7. The van der Waals surface area contributed by atoms with Crippen LogP contribution in [-0.2, 0) is 13.0 Å². The van der Waals surface area contributed by atoms with Gasteiger partial charge in [0.15, 0.2) is 0 Å². The van der Waals surface area contributed by atoms with E-state index in [0.717, 1.165) is 44.9 Å². The molecule has 0 spiro atoms. The van der Waals surface area contributed by atoms with Crippen LogP contribution >= 0.6 is 0 Å². The van der Waals surface area contributed by atoms with Gasteiger partial charge in [0, 0.05) is 31.6 Å². The first-order valence-corrected chi connectivity index (χ1v) is 11.7. The van der Waals surface area contributed by atoms with E-state index in [0.29, 0.717) is 0 Å². The van der Waals surface area contributed by atoms with Crippen molar-refractivity contribution in [3.63, 3.8) is 0 Å². The second kappa shape index (κ2) is 10.6. The van der Waals surface area contributed by atoms with Crippen molar-refractivity contribution in [1.29, 1.82) is 0 Å². The van der Waals surface area contributed by atoms with E-state index >= 15 is 0 Å². The first kappa shape index (κ1) is 22.3. The van der Waals surface area contributed by atoms with Gasteiger partial charge in [-0.25, -0.2) is 0 Å². The highest BCUT2D eigenvalue weighted by molar-refractivity contribution is 5.91. The maximum absolute atomic E-state index is 5.81. The van der Waals surface area contributed by atoms with Gasteiger partial charge in [0.05, 0.1) is 7.11 Å². The molecule has 0 heterocycles. The maximum Gasteiger partial charge on any atom is 0.123 e. The number of nitrogens with zero attached hydrogens (tertiary/aromatic N) is 1. The molecule has 0 atom stereocenters. The average molecular weight is 427 g/mol. The van der Waals surface area contributed by atoms with E-state index in [2.05, 4.69) is 96.9 Å². The lowest BCUT2D eigenvalue weighted by Crippen LogP contribution is -2.31. The summed E-state index contributed by atoms with van der Waals surface area (Å²) in [5.41, 5.74) is 4.00. The molecule has 0 unspecified atom stereocenters. The molecule has 0 saturated carbocycles. The van der Waals surface area contributed by atoms with Crippen molar-refractivity contribution in [3.8, 4) is 5.75 Å². The summed E-state index contributed by atoms with van der Waals surface area (Å²) >= 11 is 0. The van der Waals surface area contributed by atoms with Gasteiger partial charge < -0.3 is 15.0 Å². The minimum atomic E-state index is 0.846. The summed E-state index contributed by atoms with van der Waals surface area (Å²) in [6.07, 6.45) is 0.846. The number of ether oxygens (including phenoxy) is 1. The van der Waals surface area contributed by atoms with Crippen LogP contribution in [0.15, 0.2) is 72.8 Å². The fourth-order valence-electron chi connectivity index (χ4n) is 4.62. The van der Waals surface area contributed by atoms with Crippen molar-refractivity contribution in [2.45, 2.75) is 26.8 Å². The predicted molar refractivity (Wildman–Crippen MR) is 137 cm³/mol. The van der Waals surface area contributed by atoms with Crippen LogP contribution in [0.5, 0.6) is 5.75 Å². The van der Waals surface area contributed by atoms with E-state index in [-0.39, 0.29) is 0 Å². The molecule has 0 saturated heterocycles. The third-order valence-electron chi connectivity index (χ3n) is 6.52. The van der Waals surface area contributed by atoms with Crippen molar-refractivity contribution in [2.24, 2.45) is 0 Å². The Balaban J connectivity index is 1.70. The van der Waals surface area contributed by atoms with Gasteiger partial charge in [0.25, 0.3) is 0 Å². The number of rotatable bonds is 10. The van der Waals surface area contributed by atoms with Gasteiger partial charge in [-0.15, -0.1) is 0 Å². The van der Waals surface area contributed by atoms with E-state index in [1.807, 2.05) is 0 Å². The van der Waals surface area contributed by atoms with Crippen LogP contribution in [0.25, 0.3) is 21.5 Å². The molecule has 32 heavy (non-hydrogen) atoms. The fraction of sp³-hybridized carbons (Fsp3) is 0.310. The Kier molecular flexibility index (Phi) is 7.41. The molecule has 0 aliphatic carbocycles. The van der Waals surface area contributed by atoms with Crippen molar-refractivity contribution < 1.29 is 4.74 Å². The van der Waals surface area contributed by atoms with Crippen LogP contribution in [-0.4, -0.2) is 38.2 Å². The molecule has 0 aliphatic heterocycles. The molecule has 3 nitrogen and oxygen atoms in total. The Hall–Kier alpha value is -2.88. The summed E-state index contributed by atoms with van der Waals surface area (Å²) in [4.78, 5) is 2.45. The van der Waals surface area contributed by atoms with Crippen molar-refractivity contribution in [3.05, 3.63) is 89.5 Å². The van der Waals surface area contributed by atoms with E-state index < -0.39 is 0 Å². The molecule has 3 heteroatoms. The lowest BCUT2D eigenvalue weighted by molar-refractivity contribution is 0.302. The Morgan fingerprint density at radius 3 is 2.03 bits per heavy atom. The van der Waals surface area contributed by atoms with E-state index in [1.165, 1.54) is 38.2 Å². The molecule has 166 valence electrons. The van der Waals surface area contributed by atoms with Crippen molar-refractivity contribution >= 4 is 21.5 Å². The zero-order valence-corrected chi connectivity index (χ0v) is 19.5. The topological polar surface area (TPSA) is 24.5 Å². The summed E-state index contributed by atoms with van der Waals surface area (Å²) in [5.74, 6) is 0.956. The third-order valence-corrected chi connectivity index (χ3v) is 6.52. The predicted octanol–water partition coefficient (Wildman–Crippen LogP) is 6.02. The van der Waals surface area contributed by atoms with Crippen LogP contribution in [0.4, 0.5) is 0 Å². The molecule has 0 aliphatic rings. The molecule has 1 N–H and O–H groups in total. The van der Waals surface area contributed by atoms with E-state index in [9.17, 15) is 0 Å². The van der Waals surface area contributed by atoms with Crippen molar-refractivity contribution in [2.75, 3.05) is 33.3 Å². The highest BCUT2D eigenvalue weighted by atomic mass is 16.5. The number of methoxy groups -OCH3 is 1. The second-order valence-corrected chi connectivity index (χ2v) is 8.27. The monoisotopic (exact) mass is 426 g/mol. The highest BCUT2D eigenvalue weighted by Crippen LogP contribution is 2.33. The molecular formula is C29H34N2O. The Morgan fingerprint density at radius 1 is 0.750 bits per heavy atom. The van der Waals surface area contributed by atoms with Gasteiger partial charge in [0.1, 0.15) is 5.75 Å². The Morgan fingerprint density at radius 2 is 1.38 bits per heavy atom. The molecule has 0 bridgehead atoms. The lowest BCUT2D eigenvalue weighted by Gasteiger charge is -2.20. The van der Waals surface area contributed by atoms with Crippen molar-refractivity contribution in [1.82, 2.24) is 10.2 Å². The number of fused-ring (bicyclic) bond motifs is 2. The van der Waals surface area contributed by atoms with Crippen LogP contribution < -0.4 is 10.1 Å². The van der Waals surface area contributed by atoms with Crippen LogP contribution in [0.2, 0.25) is 0 Å². The molecule has 4 aromatic rings. The zero-order chi connectivity index (χ0) is 22.3. The molecule has 4 rings (SSSR count). The molecule has 0 radical (unpaired) electrons. The van der Waals surface area contributed by atoms with Crippen LogP contribution in [0.3, 0.4) is 0 Å². The molecule has 0 amide bonds. The summed E-state index contributed by atoms with van der Waals surface area (Å²) in [7, 11) is 1.77. The Labute approximate surface area is 192 Å². The van der Waals surface area contributed by atoms with Crippen LogP contribution in [0, 0.1) is 0 Å². The van der Waals surface area contributed by atoms with Gasteiger partial charge in [0.2, 0.25) is 0 Å².